The average Bonchev–Trinajstić information content (AvgIpc) is 2.85. The standard InChI is InChI=1S/C27H18O7.Li/c28-15-34-22-11-9-16(10-12-22)21-13-23(17-1-5-19(6-2-17)26(30)31)25(29)24(14-21)18-3-7-20(8-4-18)27(32)33;/h1-15,29H,(H,30,31)(H,32,33);/q;+1/p-1. The van der Waals surface area contributed by atoms with Crippen molar-refractivity contribution in [3.63, 3.8) is 0 Å². The van der Waals surface area contributed by atoms with Crippen LogP contribution in [-0.4, -0.2) is 28.6 Å². The summed E-state index contributed by atoms with van der Waals surface area (Å²) in [7, 11) is 0. The zero-order chi connectivity index (χ0) is 24.2. The smallest absolute Gasteiger partial charge is 0.872 e. The number of hydrogen-bond donors (Lipinski definition) is 2. The molecule has 0 fully saturated rings. The number of benzene rings is 4. The molecule has 4 aromatic rings. The van der Waals surface area contributed by atoms with E-state index in [2.05, 4.69) is 0 Å². The fourth-order valence-electron chi connectivity index (χ4n) is 3.59. The predicted molar refractivity (Wildman–Crippen MR) is 123 cm³/mol. The van der Waals surface area contributed by atoms with Gasteiger partial charge in [0.1, 0.15) is 5.75 Å². The second-order valence-electron chi connectivity index (χ2n) is 7.40. The molecule has 2 N–H and O–H groups in total. The molecule has 8 heteroatoms. The number of carboxylic acids is 2. The van der Waals surface area contributed by atoms with Crippen LogP contribution in [-0.2, 0) is 4.79 Å². The van der Waals surface area contributed by atoms with Crippen LogP contribution in [0.1, 0.15) is 20.7 Å². The molecule has 7 nitrogen and oxygen atoms in total. The molecule has 0 bridgehead atoms. The molecule has 0 aliphatic heterocycles. The maximum Gasteiger partial charge on any atom is 1.00 e. The first-order chi connectivity index (χ1) is 16.4. The van der Waals surface area contributed by atoms with Gasteiger partial charge in [0.25, 0.3) is 6.47 Å². The molecule has 0 atom stereocenters. The van der Waals surface area contributed by atoms with Crippen molar-refractivity contribution in [1.82, 2.24) is 0 Å². The molecule has 168 valence electrons. The van der Waals surface area contributed by atoms with Gasteiger partial charge in [0.05, 0.1) is 11.1 Å². The Morgan fingerprint density at radius 1 is 0.657 bits per heavy atom. The molecule has 0 heterocycles. The van der Waals surface area contributed by atoms with Crippen molar-refractivity contribution in [2.75, 3.05) is 0 Å². The third-order valence-electron chi connectivity index (χ3n) is 5.35. The minimum absolute atomic E-state index is 0. The van der Waals surface area contributed by atoms with E-state index < -0.39 is 11.9 Å². The molecule has 4 aromatic carbocycles. The second-order valence-corrected chi connectivity index (χ2v) is 7.40. The van der Waals surface area contributed by atoms with Gasteiger partial charge in [0.2, 0.25) is 0 Å². The summed E-state index contributed by atoms with van der Waals surface area (Å²) in [5, 5.41) is 31.8. The molecule has 0 aromatic heterocycles. The minimum atomic E-state index is -1.07. The molecule has 0 aliphatic carbocycles. The number of carboxylic acid groups (broad SMARTS) is 2. The van der Waals surface area contributed by atoms with Crippen molar-refractivity contribution in [3.05, 3.63) is 96.1 Å². The zero-order valence-electron chi connectivity index (χ0n) is 18.6. The fraction of sp³-hybridized carbons (Fsp3) is 0. The monoisotopic (exact) mass is 460 g/mol. The second kappa shape index (κ2) is 10.7. The average molecular weight is 460 g/mol. The summed E-state index contributed by atoms with van der Waals surface area (Å²) in [6.45, 7) is 0.332. The van der Waals surface area contributed by atoms with Crippen LogP contribution in [0.25, 0.3) is 33.4 Å². The van der Waals surface area contributed by atoms with Crippen LogP contribution in [0, 0.1) is 0 Å². The van der Waals surface area contributed by atoms with Gasteiger partial charge >= 0.3 is 30.8 Å². The van der Waals surface area contributed by atoms with Crippen LogP contribution >= 0.6 is 0 Å². The van der Waals surface area contributed by atoms with Crippen molar-refractivity contribution in [2.24, 2.45) is 0 Å². The quantitative estimate of drug-likeness (QED) is 0.318. The SMILES string of the molecule is O=COc1ccc(-c2cc(-c3ccc(C(=O)O)cc3)c([O-])c(-c3ccc(C(=O)O)cc3)c2)cc1.[Li+]. The van der Waals surface area contributed by atoms with E-state index in [1.54, 1.807) is 60.7 Å². The number of carbonyl (C=O) groups is 3. The Bertz CT molecular complexity index is 1300. The molecule has 0 saturated carbocycles. The van der Waals surface area contributed by atoms with Crippen molar-refractivity contribution >= 4 is 18.4 Å². The summed E-state index contributed by atoms with van der Waals surface area (Å²) in [5.41, 5.74) is 3.46. The Kier molecular flexibility index (Phi) is 7.77. The molecule has 35 heavy (non-hydrogen) atoms. The Morgan fingerprint density at radius 2 is 1.06 bits per heavy atom. The van der Waals surface area contributed by atoms with E-state index in [0.29, 0.717) is 40.0 Å². The molecule has 0 unspecified atom stereocenters. The van der Waals surface area contributed by atoms with Gasteiger partial charge in [-0.05, 0) is 81.9 Å². The molecule has 0 saturated heterocycles. The van der Waals surface area contributed by atoms with Crippen molar-refractivity contribution in [1.29, 1.82) is 0 Å². The number of ether oxygens (including phenoxy) is 1. The number of rotatable bonds is 7. The van der Waals surface area contributed by atoms with Gasteiger partial charge in [-0.1, -0.05) is 42.1 Å². The summed E-state index contributed by atoms with van der Waals surface area (Å²) in [5.74, 6) is -2.05. The van der Waals surface area contributed by atoms with Gasteiger partial charge in [0.15, 0.2) is 0 Å². The van der Waals surface area contributed by atoms with Crippen LogP contribution < -0.4 is 28.7 Å². The molecule has 0 spiro atoms. The van der Waals surface area contributed by atoms with Crippen LogP contribution in [0.15, 0.2) is 84.9 Å². The largest absolute Gasteiger partial charge is 1.00 e. The van der Waals surface area contributed by atoms with Gasteiger partial charge in [0, 0.05) is 0 Å². The minimum Gasteiger partial charge on any atom is -0.872 e. The number of carbonyl (C=O) groups excluding carboxylic acids is 1. The van der Waals surface area contributed by atoms with Crippen LogP contribution in [0.3, 0.4) is 0 Å². The van der Waals surface area contributed by atoms with E-state index >= 15 is 0 Å². The van der Waals surface area contributed by atoms with E-state index in [1.807, 2.05) is 0 Å². The Balaban J connectivity index is 0.00000342. The van der Waals surface area contributed by atoms with Gasteiger partial charge in [-0.25, -0.2) is 9.59 Å². The molecular formula is C27H17LiO7. The van der Waals surface area contributed by atoms with E-state index in [1.165, 1.54) is 24.3 Å². The summed E-state index contributed by atoms with van der Waals surface area (Å²) in [4.78, 5) is 33.0. The number of hydrogen-bond acceptors (Lipinski definition) is 5. The van der Waals surface area contributed by atoms with E-state index in [9.17, 15) is 29.7 Å². The first-order valence-corrected chi connectivity index (χ1v) is 10.1. The molecule has 4 rings (SSSR count). The normalized spacial score (nSPS) is 10.2. The molecular weight excluding hydrogens is 443 g/mol. The summed E-state index contributed by atoms with van der Waals surface area (Å²) in [6.07, 6.45) is 0. The summed E-state index contributed by atoms with van der Waals surface area (Å²) >= 11 is 0. The Morgan fingerprint density at radius 3 is 1.43 bits per heavy atom. The maximum absolute atomic E-state index is 13.4. The van der Waals surface area contributed by atoms with Crippen molar-refractivity contribution in [2.45, 2.75) is 0 Å². The first-order valence-electron chi connectivity index (χ1n) is 10.1. The maximum atomic E-state index is 13.4. The van der Waals surface area contributed by atoms with E-state index in [4.69, 9.17) is 4.74 Å². The van der Waals surface area contributed by atoms with E-state index in [0.717, 1.165) is 5.56 Å². The van der Waals surface area contributed by atoms with Gasteiger partial charge < -0.3 is 20.1 Å². The van der Waals surface area contributed by atoms with Crippen LogP contribution in [0.4, 0.5) is 0 Å². The summed E-state index contributed by atoms with van der Waals surface area (Å²) in [6, 6.07) is 22.1. The molecule has 0 amide bonds. The topological polar surface area (TPSA) is 124 Å². The van der Waals surface area contributed by atoms with Gasteiger partial charge in [-0.15, -0.1) is 0 Å². The Labute approximate surface area is 212 Å². The first kappa shape index (κ1) is 25.3. The van der Waals surface area contributed by atoms with Gasteiger partial charge in [-0.2, -0.15) is 0 Å². The zero-order valence-corrected chi connectivity index (χ0v) is 18.6. The van der Waals surface area contributed by atoms with Crippen LogP contribution in [0.2, 0.25) is 0 Å². The third kappa shape index (κ3) is 5.44. The number of aromatic carboxylic acids is 2. The fourth-order valence-corrected chi connectivity index (χ4v) is 3.59. The van der Waals surface area contributed by atoms with E-state index in [-0.39, 0.29) is 35.7 Å². The summed E-state index contributed by atoms with van der Waals surface area (Å²) < 4.78 is 4.84. The van der Waals surface area contributed by atoms with Crippen molar-refractivity contribution in [3.8, 4) is 44.9 Å². The van der Waals surface area contributed by atoms with Gasteiger partial charge in [-0.3, -0.25) is 4.79 Å². The third-order valence-corrected chi connectivity index (χ3v) is 5.35. The molecule has 0 radical (unpaired) electrons. The molecule has 0 aliphatic rings. The Hall–Kier alpha value is -4.31. The van der Waals surface area contributed by atoms with Crippen LogP contribution in [0.5, 0.6) is 11.5 Å². The predicted octanol–water partition coefficient (Wildman–Crippen LogP) is 1.70. The van der Waals surface area contributed by atoms with Crippen molar-refractivity contribution < 1.29 is 53.3 Å².